The Morgan fingerprint density at radius 3 is 2.17 bits per heavy atom. The van der Waals surface area contributed by atoms with E-state index in [0.717, 1.165) is 4.90 Å². The summed E-state index contributed by atoms with van der Waals surface area (Å²) in [4.78, 5) is 42.9. The van der Waals surface area contributed by atoms with Gasteiger partial charge in [-0.3, -0.25) is 24.3 Å². The Hall–Kier alpha value is -3.02. The maximum Gasteiger partial charge on any atom is 0.262 e. The molecule has 122 valence electrons. The number of rotatable bonds is 4. The Kier molecular flexibility index (Phi) is 4.12. The molecule has 2 heterocycles. The van der Waals surface area contributed by atoms with Crippen LogP contribution >= 0.6 is 0 Å². The molecule has 0 fully saturated rings. The second-order valence-corrected chi connectivity index (χ2v) is 5.95. The number of benzene rings is 1. The van der Waals surface area contributed by atoms with E-state index in [1.807, 2.05) is 0 Å². The fourth-order valence-corrected chi connectivity index (χ4v) is 2.83. The average Bonchev–Trinajstić information content (AvgIpc) is 2.81. The Bertz CT molecular complexity index is 767. The first-order chi connectivity index (χ1) is 11.5. The SMILES string of the molecule is CC(C)[C@@H](C(=O)Nc1cccnc1)N1C(=O)c2ccccc2C1=O. The van der Waals surface area contributed by atoms with E-state index in [-0.39, 0.29) is 5.92 Å². The zero-order valence-corrected chi connectivity index (χ0v) is 13.4. The topological polar surface area (TPSA) is 79.4 Å². The monoisotopic (exact) mass is 323 g/mol. The fourth-order valence-electron chi connectivity index (χ4n) is 2.83. The van der Waals surface area contributed by atoms with Crippen molar-refractivity contribution in [2.75, 3.05) is 5.32 Å². The summed E-state index contributed by atoms with van der Waals surface area (Å²) in [7, 11) is 0. The number of nitrogens with zero attached hydrogens (tertiary/aromatic N) is 2. The van der Waals surface area contributed by atoms with Crippen molar-refractivity contribution in [3.05, 3.63) is 59.9 Å². The first-order valence-electron chi connectivity index (χ1n) is 7.68. The highest BCUT2D eigenvalue weighted by Crippen LogP contribution is 2.27. The molecule has 0 radical (unpaired) electrons. The first kappa shape index (κ1) is 15.9. The van der Waals surface area contributed by atoms with E-state index >= 15 is 0 Å². The third-order valence-corrected chi connectivity index (χ3v) is 3.93. The lowest BCUT2D eigenvalue weighted by atomic mass is 10.0. The molecule has 6 nitrogen and oxygen atoms in total. The summed E-state index contributed by atoms with van der Waals surface area (Å²) in [6.45, 7) is 3.61. The molecule has 0 saturated heterocycles. The highest BCUT2D eigenvalue weighted by atomic mass is 16.2. The quantitative estimate of drug-likeness (QED) is 0.876. The number of imide groups is 1. The van der Waals surface area contributed by atoms with Crippen LogP contribution in [0.2, 0.25) is 0 Å². The molecule has 1 atom stereocenters. The first-order valence-corrected chi connectivity index (χ1v) is 7.68. The van der Waals surface area contributed by atoms with Gasteiger partial charge in [0, 0.05) is 6.20 Å². The number of pyridine rings is 1. The molecule has 1 N–H and O–H groups in total. The molecule has 3 amide bonds. The minimum atomic E-state index is -0.891. The highest BCUT2D eigenvalue weighted by Gasteiger charge is 2.43. The van der Waals surface area contributed by atoms with Gasteiger partial charge in [0.2, 0.25) is 5.91 Å². The van der Waals surface area contributed by atoms with E-state index in [4.69, 9.17) is 0 Å². The van der Waals surface area contributed by atoms with Crippen LogP contribution in [0.3, 0.4) is 0 Å². The minimum Gasteiger partial charge on any atom is -0.323 e. The summed E-state index contributed by atoms with van der Waals surface area (Å²) in [5.41, 5.74) is 1.19. The molecular formula is C18H17N3O3. The van der Waals surface area contributed by atoms with Gasteiger partial charge in [-0.1, -0.05) is 26.0 Å². The van der Waals surface area contributed by atoms with Gasteiger partial charge < -0.3 is 5.32 Å². The zero-order chi connectivity index (χ0) is 17.3. The molecule has 0 bridgehead atoms. The molecule has 0 saturated carbocycles. The number of aromatic nitrogens is 1. The van der Waals surface area contributed by atoms with Crippen LogP contribution in [-0.2, 0) is 4.79 Å². The van der Waals surface area contributed by atoms with Gasteiger partial charge in [0.25, 0.3) is 11.8 Å². The van der Waals surface area contributed by atoms with Gasteiger partial charge in [-0.05, 0) is 30.2 Å². The van der Waals surface area contributed by atoms with Gasteiger partial charge in [0.1, 0.15) is 6.04 Å². The number of fused-ring (bicyclic) bond motifs is 1. The summed E-state index contributed by atoms with van der Waals surface area (Å²) in [5.74, 6) is -1.51. The number of carbonyl (C=O) groups is 3. The lowest BCUT2D eigenvalue weighted by molar-refractivity contribution is -0.121. The van der Waals surface area contributed by atoms with E-state index in [9.17, 15) is 14.4 Å². The van der Waals surface area contributed by atoms with Gasteiger partial charge in [-0.15, -0.1) is 0 Å². The summed E-state index contributed by atoms with van der Waals surface area (Å²) < 4.78 is 0. The maximum absolute atomic E-state index is 12.7. The van der Waals surface area contributed by atoms with Crippen molar-refractivity contribution < 1.29 is 14.4 Å². The molecule has 1 aromatic carbocycles. The van der Waals surface area contributed by atoms with Crippen molar-refractivity contribution in [3.63, 3.8) is 0 Å². The lowest BCUT2D eigenvalue weighted by Gasteiger charge is -2.28. The van der Waals surface area contributed by atoms with Gasteiger partial charge in [-0.25, -0.2) is 0 Å². The summed E-state index contributed by atoms with van der Waals surface area (Å²) in [5, 5.41) is 2.72. The van der Waals surface area contributed by atoms with Crippen molar-refractivity contribution in [1.82, 2.24) is 9.88 Å². The summed E-state index contributed by atoms with van der Waals surface area (Å²) >= 11 is 0. The molecule has 3 rings (SSSR count). The Labute approximate surface area is 139 Å². The predicted molar refractivity (Wildman–Crippen MR) is 88.4 cm³/mol. The van der Waals surface area contributed by atoms with Crippen LogP contribution in [-0.4, -0.2) is 33.6 Å². The molecule has 24 heavy (non-hydrogen) atoms. The molecule has 2 aromatic rings. The minimum absolute atomic E-state index is 0.233. The van der Waals surface area contributed by atoms with Crippen LogP contribution < -0.4 is 5.32 Å². The summed E-state index contributed by atoms with van der Waals surface area (Å²) in [6, 6.07) is 9.11. The molecule has 0 unspecified atom stereocenters. The zero-order valence-electron chi connectivity index (χ0n) is 13.4. The highest BCUT2D eigenvalue weighted by molar-refractivity contribution is 6.23. The van der Waals surface area contributed by atoms with Crippen molar-refractivity contribution in [2.24, 2.45) is 5.92 Å². The Balaban J connectivity index is 1.91. The van der Waals surface area contributed by atoms with E-state index in [0.29, 0.717) is 16.8 Å². The van der Waals surface area contributed by atoms with Crippen molar-refractivity contribution >= 4 is 23.4 Å². The summed E-state index contributed by atoms with van der Waals surface area (Å²) in [6.07, 6.45) is 3.11. The second-order valence-electron chi connectivity index (χ2n) is 5.95. The van der Waals surface area contributed by atoms with Crippen LogP contribution in [0.15, 0.2) is 48.8 Å². The Morgan fingerprint density at radius 2 is 1.67 bits per heavy atom. The molecule has 1 aromatic heterocycles. The van der Waals surface area contributed by atoms with Crippen molar-refractivity contribution in [3.8, 4) is 0 Å². The van der Waals surface area contributed by atoms with Crippen LogP contribution in [0.4, 0.5) is 5.69 Å². The molecule has 1 aliphatic rings. The molecule has 0 aliphatic carbocycles. The van der Waals surface area contributed by atoms with Gasteiger partial charge in [0.05, 0.1) is 23.0 Å². The van der Waals surface area contributed by atoms with E-state index < -0.39 is 23.8 Å². The maximum atomic E-state index is 12.7. The largest absolute Gasteiger partial charge is 0.323 e. The number of nitrogens with one attached hydrogen (secondary N) is 1. The lowest BCUT2D eigenvalue weighted by Crippen LogP contribution is -2.50. The molecule has 6 heteroatoms. The molecule has 1 aliphatic heterocycles. The smallest absolute Gasteiger partial charge is 0.262 e. The number of amides is 3. The van der Waals surface area contributed by atoms with Crippen LogP contribution in [0, 0.1) is 5.92 Å². The van der Waals surface area contributed by atoms with Crippen LogP contribution in [0.5, 0.6) is 0 Å². The Morgan fingerprint density at radius 1 is 1.04 bits per heavy atom. The van der Waals surface area contributed by atoms with Crippen molar-refractivity contribution in [2.45, 2.75) is 19.9 Å². The van der Waals surface area contributed by atoms with Crippen LogP contribution in [0.25, 0.3) is 0 Å². The number of hydrogen-bond donors (Lipinski definition) is 1. The molecular weight excluding hydrogens is 306 g/mol. The van der Waals surface area contributed by atoms with Gasteiger partial charge in [-0.2, -0.15) is 0 Å². The normalized spacial score (nSPS) is 14.7. The van der Waals surface area contributed by atoms with Gasteiger partial charge in [0.15, 0.2) is 0 Å². The van der Waals surface area contributed by atoms with Crippen LogP contribution in [0.1, 0.15) is 34.6 Å². The average molecular weight is 323 g/mol. The van der Waals surface area contributed by atoms with E-state index in [2.05, 4.69) is 10.3 Å². The number of carbonyl (C=O) groups excluding carboxylic acids is 3. The second kappa shape index (κ2) is 6.23. The standard InChI is InChI=1S/C18H17N3O3/c1-11(2)15(16(22)20-12-6-5-9-19-10-12)21-17(23)13-7-3-4-8-14(13)18(21)24/h3-11,15H,1-2H3,(H,20,22)/t15-/m0/s1. The third-order valence-electron chi connectivity index (χ3n) is 3.93. The number of hydrogen-bond acceptors (Lipinski definition) is 4. The third kappa shape index (κ3) is 2.67. The van der Waals surface area contributed by atoms with Gasteiger partial charge >= 0.3 is 0 Å². The number of anilines is 1. The fraction of sp³-hybridized carbons (Fsp3) is 0.222. The molecule has 0 spiro atoms. The van der Waals surface area contributed by atoms with Crippen molar-refractivity contribution in [1.29, 1.82) is 0 Å². The van der Waals surface area contributed by atoms with E-state index in [1.54, 1.807) is 56.4 Å². The van der Waals surface area contributed by atoms with E-state index in [1.165, 1.54) is 6.20 Å². The predicted octanol–water partition coefficient (Wildman–Crippen LogP) is 2.34.